The zero-order chi connectivity index (χ0) is 26.1. The molecule has 0 aliphatic carbocycles. The van der Waals surface area contributed by atoms with Crippen molar-refractivity contribution in [1.29, 1.82) is 0 Å². The third-order valence-electron chi connectivity index (χ3n) is 7.76. The standard InChI is InChI=1S/C28H42O6Si/c1-17(2)20-13-25-21(16-31-35(8,9)28(5,6)7)12-22(33-25)10-18(3)11-23-15-24(27(30)34-23)26(14-20)32-19(4)29/h10,12,20,23-24,26H,1,11,13-16H2,2-9H3/b18-10+/t20-,23-,24?,26-/m1/s1. The number of furan rings is 1. The molecule has 0 saturated carbocycles. The maximum atomic E-state index is 12.7. The summed E-state index contributed by atoms with van der Waals surface area (Å²) in [6, 6.07) is 2.07. The highest BCUT2D eigenvalue weighted by Crippen LogP contribution is 2.39. The molecular formula is C28H42O6Si. The van der Waals surface area contributed by atoms with Crippen LogP contribution in [0.4, 0.5) is 0 Å². The van der Waals surface area contributed by atoms with Crippen LogP contribution in [0.5, 0.6) is 0 Å². The molecule has 2 aliphatic heterocycles. The topological polar surface area (TPSA) is 75.0 Å². The number of hydrogen-bond donors (Lipinski definition) is 0. The molecule has 0 aromatic carbocycles. The Morgan fingerprint density at radius 2 is 1.89 bits per heavy atom. The van der Waals surface area contributed by atoms with Crippen molar-refractivity contribution in [3.8, 4) is 0 Å². The summed E-state index contributed by atoms with van der Waals surface area (Å²) in [6.45, 7) is 21.3. The molecule has 1 saturated heterocycles. The Balaban J connectivity index is 1.98. The first kappa shape index (κ1) is 27.5. The van der Waals surface area contributed by atoms with E-state index in [4.69, 9.17) is 18.3 Å². The van der Waals surface area contributed by atoms with Gasteiger partial charge in [-0.05, 0) is 56.5 Å². The SMILES string of the molecule is C=C(C)[C@@H]1Cc2oc(cc2CO[Si](C)(C)C(C)(C)C)/C=C(\C)C[C@@H]2CC(C(=O)O2)[C@H](OC(C)=O)C1. The Bertz CT molecular complexity index is 996. The molecule has 0 amide bonds. The van der Waals surface area contributed by atoms with Gasteiger partial charge in [0, 0.05) is 31.7 Å². The second-order valence-corrected chi connectivity index (χ2v) is 16.7. The lowest BCUT2D eigenvalue weighted by atomic mass is 9.84. The first-order valence-electron chi connectivity index (χ1n) is 12.6. The van der Waals surface area contributed by atoms with Crippen LogP contribution in [-0.2, 0) is 36.5 Å². The molecule has 6 nitrogen and oxygen atoms in total. The van der Waals surface area contributed by atoms with Crippen LogP contribution >= 0.6 is 0 Å². The van der Waals surface area contributed by atoms with Crippen LogP contribution in [0.15, 0.2) is 28.2 Å². The fourth-order valence-electron chi connectivity index (χ4n) is 4.57. The first-order valence-corrected chi connectivity index (χ1v) is 15.5. The lowest BCUT2D eigenvalue weighted by Gasteiger charge is -2.36. The molecule has 3 heterocycles. The fourth-order valence-corrected chi connectivity index (χ4v) is 5.52. The number of ether oxygens (including phenoxy) is 2. The van der Waals surface area contributed by atoms with Crippen molar-refractivity contribution < 1.29 is 27.9 Å². The average Bonchev–Trinajstić information content (AvgIpc) is 3.25. The molecule has 4 atom stereocenters. The number of allylic oxidation sites excluding steroid dienone is 1. The predicted octanol–water partition coefficient (Wildman–Crippen LogP) is 6.60. The van der Waals surface area contributed by atoms with Gasteiger partial charge in [-0.1, -0.05) is 38.5 Å². The lowest BCUT2D eigenvalue weighted by molar-refractivity contribution is -0.156. The summed E-state index contributed by atoms with van der Waals surface area (Å²) in [4.78, 5) is 24.7. The minimum absolute atomic E-state index is 0.0253. The minimum Gasteiger partial charge on any atom is -0.462 e. The number of hydrogen-bond acceptors (Lipinski definition) is 6. The number of carbonyl (C=O) groups excluding carboxylic acids is 2. The zero-order valence-electron chi connectivity index (χ0n) is 22.7. The van der Waals surface area contributed by atoms with Gasteiger partial charge in [0.05, 0.1) is 12.5 Å². The van der Waals surface area contributed by atoms with E-state index < -0.39 is 26.3 Å². The van der Waals surface area contributed by atoms with Gasteiger partial charge < -0.3 is 18.3 Å². The van der Waals surface area contributed by atoms with E-state index in [-0.39, 0.29) is 23.0 Å². The molecular weight excluding hydrogens is 460 g/mol. The van der Waals surface area contributed by atoms with Crippen molar-refractivity contribution in [2.45, 2.75) is 104 Å². The molecule has 2 aliphatic rings. The van der Waals surface area contributed by atoms with E-state index in [9.17, 15) is 9.59 Å². The smallest absolute Gasteiger partial charge is 0.313 e. The molecule has 4 bridgehead atoms. The van der Waals surface area contributed by atoms with Crippen LogP contribution in [0.2, 0.25) is 18.1 Å². The molecule has 1 unspecified atom stereocenters. The van der Waals surface area contributed by atoms with E-state index in [0.717, 1.165) is 28.2 Å². The van der Waals surface area contributed by atoms with Crippen LogP contribution < -0.4 is 0 Å². The highest BCUT2D eigenvalue weighted by atomic mass is 28.4. The maximum Gasteiger partial charge on any atom is 0.313 e. The van der Waals surface area contributed by atoms with Crippen LogP contribution in [-0.4, -0.2) is 32.5 Å². The van der Waals surface area contributed by atoms with Crippen molar-refractivity contribution in [2.24, 2.45) is 11.8 Å². The van der Waals surface area contributed by atoms with Crippen molar-refractivity contribution in [1.82, 2.24) is 0 Å². The van der Waals surface area contributed by atoms with Crippen LogP contribution in [0, 0.1) is 11.8 Å². The molecule has 1 aromatic rings. The Morgan fingerprint density at radius 1 is 1.20 bits per heavy atom. The Morgan fingerprint density at radius 3 is 2.49 bits per heavy atom. The van der Waals surface area contributed by atoms with E-state index in [1.165, 1.54) is 6.92 Å². The van der Waals surface area contributed by atoms with E-state index in [0.29, 0.717) is 32.3 Å². The second kappa shape index (κ2) is 10.5. The summed E-state index contributed by atoms with van der Waals surface area (Å²) >= 11 is 0. The van der Waals surface area contributed by atoms with Gasteiger partial charge >= 0.3 is 11.9 Å². The average molecular weight is 503 g/mol. The van der Waals surface area contributed by atoms with Gasteiger partial charge in [-0.2, -0.15) is 0 Å². The van der Waals surface area contributed by atoms with Gasteiger partial charge in [-0.15, -0.1) is 0 Å². The largest absolute Gasteiger partial charge is 0.462 e. The maximum absolute atomic E-state index is 12.7. The molecule has 194 valence electrons. The molecule has 0 N–H and O–H groups in total. The highest BCUT2D eigenvalue weighted by molar-refractivity contribution is 6.74. The van der Waals surface area contributed by atoms with Gasteiger partial charge in [0.1, 0.15) is 23.7 Å². The molecule has 1 fully saturated rings. The van der Waals surface area contributed by atoms with Gasteiger partial charge in [0.2, 0.25) is 0 Å². The highest BCUT2D eigenvalue weighted by Gasteiger charge is 2.43. The molecule has 7 heteroatoms. The number of carbonyl (C=O) groups is 2. The monoisotopic (exact) mass is 502 g/mol. The summed E-state index contributed by atoms with van der Waals surface area (Å²) in [6.07, 6.45) is 3.48. The molecule has 0 radical (unpaired) electrons. The van der Waals surface area contributed by atoms with Gasteiger partial charge in [-0.3, -0.25) is 9.59 Å². The van der Waals surface area contributed by atoms with Crippen molar-refractivity contribution >= 4 is 26.3 Å². The van der Waals surface area contributed by atoms with E-state index in [1.54, 1.807) is 0 Å². The second-order valence-electron chi connectivity index (χ2n) is 11.9. The van der Waals surface area contributed by atoms with Crippen LogP contribution in [0.25, 0.3) is 6.08 Å². The van der Waals surface area contributed by atoms with Crippen molar-refractivity contribution in [3.63, 3.8) is 0 Å². The summed E-state index contributed by atoms with van der Waals surface area (Å²) in [5.41, 5.74) is 3.07. The third-order valence-corrected chi connectivity index (χ3v) is 12.2. The van der Waals surface area contributed by atoms with Crippen molar-refractivity contribution in [3.05, 3.63) is 40.9 Å². The Labute approximate surface area is 211 Å². The Kier molecular flexibility index (Phi) is 8.22. The molecule has 3 rings (SSSR count). The first-order chi connectivity index (χ1) is 16.2. The number of esters is 2. The van der Waals surface area contributed by atoms with Crippen LogP contribution in [0.3, 0.4) is 0 Å². The predicted molar refractivity (Wildman–Crippen MR) is 139 cm³/mol. The van der Waals surface area contributed by atoms with E-state index in [1.807, 2.05) is 19.9 Å². The van der Waals surface area contributed by atoms with Crippen LogP contribution in [0.1, 0.15) is 77.9 Å². The summed E-state index contributed by atoms with van der Waals surface area (Å²) in [5, 5.41) is 0.108. The number of rotatable bonds is 5. The lowest BCUT2D eigenvalue weighted by Crippen LogP contribution is -2.40. The summed E-state index contributed by atoms with van der Waals surface area (Å²) in [7, 11) is -1.95. The number of fused-ring (bicyclic) bond motifs is 4. The minimum atomic E-state index is -1.95. The quantitative estimate of drug-likeness (QED) is 0.257. The van der Waals surface area contributed by atoms with Gasteiger partial charge in [0.25, 0.3) is 0 Å². The third kappa shape index (κ3) is 6.76. The van der Waals surface area contributed by atoms with Crippen molar-refractivity contribution in [2.75, 3.05) is 0 Å². The molecule has 0 spiro atoms. The van der Waals surface area contributed by atoms with Gasteiger partial charge in [-0.25, -0.2) is 0 Å². The molecule has 35 heavy (non-hydrogen) atoms. The summed E-state index contributed by atoms with van der Waals surface area (Å²) < 4.78 is 24.2. The van der Waals surface area contributed by atoms with E-state index >= 15 is 0 Å². The summed E-state index contributed by atoms with van der Waals surface area (Å²) in [5.74, 6) is 0.478. The van der Waals surface area contributed by atoms with E-state index in [2.05, 4.69) is 46.5 Å². The normalized spacial score (nSPS) is 27.1. The Hall–Kier alpha value is -2.12. The fraction of sp³-hybridized carbons (Fsp3) is 0.643. The zero-order valence-corrected chi connectivity index (χ0v) is 23.7. The van der Waals surface area contributed by atoms with Gasteiger partial charge in [0.15, 0.2) is 8.32 Å². The molecule has 1 aromatic heterocycles.